The van der Waals surface area contributed by atoms with Gasteiger partial charge in [-0.05, 0) is 42.5 Å². The monoisotopic (exact) mass is 369 g/mol. The van der Waals surface area contributed by atoms with Gasteiger partial charge in [0.05, 0.1) is 11.8 Å². The summed E-state index contributed by atoms with van der Waals surface area (Å²) in [6, 6.07) is 7.30. The summed E-state index contributed by atoms with van der Waals surface area (Å²) in [5, 5.41) is 26.6. The molecular weight excluding hydrogens is 346 g/mol. The number of H-pyrrole nitrogens is 1. The van der Waals surface area contributed by atoms with Crippen molar-refractivity contribution >= 4 is 17.4 Å². The SMILES string of the molecule is C=C(c1ccc(C(=O)NC2CC2)cc1)[C@H](c1nn[nH]n1)[C@H](CCC)C(=O)O. The van der Waals surface area contributed by atoms with Crippen LogP contribution in [0.1, 0.15) is 60.3 Å². The fourth-order valence-electron chi connectivity index (χ4n) is 3.14. The quantitative estimate of drug-likeness (QED) is 0.624. The smallest absolute Gasteiger partial charge is 0.307 e. The summed E-state index contributed by atoms with van der Waals surface area (Å²) >= 11 is 0. The lowest BCUT2D eigenvalue weighted by molar-refractivity contribution is -0.142. The summed E-state index contributed by atoms with van der Waals surface area (Å²) in [6.07, 6.45) is 3.23. The number of hydrogen-bond acceptors (Lipinski definition) is 5. The van der Waals surface area contributed by atoms with Crippen LogP contribution in [0, 0.1) is 5.92 Å². The van der Waals surface area contributed by atoms with Crippen molar-refractivity contribution in [1.29, 1.82) is 0 Å². The van der Waals surface area contributed by atoms with E-state index in [9.17, 15) is 14.7 Å². The highest BCUT2D eigenvalue weighted by atomic mass is 16.4. The van der Waals surface area contributed by atoms with Gasteiger partial charge in [-0.1, -0.05) is 37.3 Å². The van der Waals surface area contributed by atoms with Gasteiger partial charge in [-0.15, -0.1) is 10.2 Å². The van der Waals surface area contributed by atoms with E-state index in [1.54, 1.807) is 24.3 Å². The summed E-state index contributed by atoms with van der Waals surface area (Å²) < 4.78 is 0. The Morgan fingerprint density at radius 3 is 2.48 bits per heavy atom. The number of rotatable bonds is 9. The van der Waals surface area contributed by atoms with Gasteiger partial charge >= 0.3 is 5.97 Å². The number of benzene rings is 1. The van der Waals surface area contributed by atoms with Crippen molar-refractivity contribution < 1.29 is 14.7 Å². The summed E-state index contributed by atoms with van der Waals surface area (Å²) in [5.41, 5.74) is 1.90. The maximum Gasteiger partial charge on any atom is 0.307 e. The molecule has 1 fully saturated rings. The Morgan fingerprint density at radius 1 is 1.30 bits per heavy atom. The van der Waals surface area contributed by atoms with E-state index in [1.807, 2.05) is 6.92 Å². The Morgan fingerprint density at radius 2 is 1.96 bits per heavy atom. The molecule has 142 valence electrons. The van der Waals surface area contributed by atoms with Crippen molar-refractivity contribution in [1.82, 2.24) is 25.9 Å². The molecule has 1 aliphatic carbocycles. The van der Waals surface area contributed by atoms with Gasteiger partial charge in [0.1, 0.15) is 0 Å². The molecule has 0 aliphatic heterocycles. The molecule has 0 bridgehead atoms. The third kappa shape index (κ3) is 4.39. The van der Waals surface area contributed by atoms with E-state index in [-0.39, 0.29) is 5.91 Å². The number of carbonyl (C=O) groups is 2. The molecule has 1 aliphatic rings. The van der Waals surface area contributed by atoms with E-state index in [1.165, 1.54) is 0 Å². The lowest BCUT2D eigenvalue weighted by Gasteiger charge is -2.23. The lowest BCUT2D eigenvalue weighted by Crippen LogP contribution is -2.25. The fraction of sp³-hybridized carbons (Fsp3) is 0.421. The largest absolute Gasteiger partial charge is 0.481 e. The van der Waals surface area contributed by atoms with Gasteiger partial charge < -0.3 is 10.4 Å². The maximum atomic E-state index is 12.1. The first-order valence-electron chi connectivity index (χ1n) is 9.07. The Labute approximate surface area is 157 Å². The topological polar surface area (TPSA) is 121 Å². The highest BCUT2D eigenvalue weighted by Gasteiger charge is 2.34. The summed E-state index contributed by atoms with van der Waals surface area (Å²) in [4.78, 5) is 24.0. The van der Waals surface area contributed by atoms with Crippen molar-refractivity contribution in [2.24, 2.45) is 5.92 Å². The minimum absolute atomic E-state index is 0.0984. The number of carboxylic acid groups (broad SMARTS) is 1. The molecule has 8 nitrogen and oxygen atoms in total. The molecule has 1 aromatic heterocycles. The second-order valence-electron chi connectivity index (χ2n) is 6.83. The lowest BCUT2D eigenvalue weighted by atomic mass is 9.80. The van der Waals surface area contributed by atoms with Gasteiger partial charge in [-0.25, -0.2) is 0 Å². The number of nitrogens with zero attached hydrogens (tertiary/aromatic N) is 3. The summed E-state index contributed by atoms with van der Waals surface area (Å²) in [5.74, 6) is -2.03. The number of tetrazole rings is 1. The van der Waals surface area contributed by atoms with Crippen LogP contribution in [-0.4, -0.2) is 43.6 Å². The Balaban J connectivity index is 1.84. The van der Waals surface area contributed by atoms with E-state index >= 15 is 0 Å². The second-order valence-corrected chi connectivity index (χ2v) is 6.83. The van der Waals surface area contributed by atoms with Crippen LogP contribution in [0.4, 0.5) is 0 Å². The van der Waals surface area contributed by atoms with Gasteiger partial charge in [0.15, 0.2) is 5.82 Å². The standard InChI is InChI=1S/C19H23N5O3/c1-3-4-15(19(26)27)16(17-21-23-24-22-17)11(2)12-5-7-13(8-6-12)18(25)20-14-9-10-14/h5-8,14-16H,2-4,9-10H2,1H3,(H,20,25)(H,26,27)(H,21,22,23,24)/t15-,16-/m0/s1. The van der Waals surface area contributed by atoms with E-state index in [2.05, 4.69) is 32.5 Å². The highest BCUT2D eigenvalue weighted by molar-refractivity contribution is 5.95. The Bertz CT molecular complexity index is 812. The first-order valence-corrected chi connectivity index (χ1v) is 9.07. The van der Waals surface area contributed by atoms with Crippen LogP contribution < -0.4 is 5.32 Å². The number of aromatic amines is 1. The summed E-state index contributed by atoms with van der Waals surface area (Å²) in [7, 11) is 0. The zero-order valence-electron chi connectivity index (χ0n) is 15.2. The minimum Gasteiger partial charge on any atom is -0.481 e. The van der Waals surface area contributed by atoms with E-state index in [4.69, 9.17) is 0 Å². The van der Waals surface area contributed by atoms with Gasteiger partial charge in [0.25, 0.3) is 5.91 Å². The molecule has 1 amide bonds. The molecular formula is C19H23N5O3. The normalized spacial score (nSPS) is 15.7. The number of nitrogens with one attached hydrogen (secondary N) is 2. The first-order chi connectivity index (χ1) is 13.0. The van der Waals surface area contributed by atoms with Crippen LogP contribution in [0.2, 0.25) is 0 Å². The number of aliphatic carboxylic acids is 1. The number of hydrogen-bond donors (Lipinski definition) is 3. The molecule has 2 atom stereocenters. The Hall–Kier alpha value is -3.03. The van der Waals surface area contributed by atoms with Crippen LogP contribution in [0.15, 0.2) is 30.8 Å². The molecule has 0 unspecified atom stereocenters. The molecule has 3 rings (SSSR count). The number of amides is 1. The average molecular weight is 369 g/mol. The molecule has 27 heavy (non-hydrogen) atoms. The molecule has 8 heteroatoms. The van der Waals surface area contributed by atoms with Crippen molar-refractivity contribution in [2.45, 2.75) is 44.6 Å². The van der Waals surface area contributed by atoms with Crippen molar-refractivity contribution in [3.63, 3.8) is 0 Å². The van der Waals surface area contributed by atoms with Gasteiger partial charge in [0, 0.05) is 11.6 Å². The van der Waals surface area contributed by atoms with E-state index in [0.29, 0.717) is 35.8 Å². The van der Waals surface area contributed by atoms with E-state index in [0.717, 1.165) is 18.4 Å². The van der Waals surface area contributed by atoms with E-state index < -0.39 is 17.8 Å². The van der Waals surface area contributed by atoms with Crippen LogP contribution in [0.5, 0.6) is 0 Å². The third-order valence-corrected chi connectivity index (χ3v) is 4.77. The van der Waals surface area contributed by atoms with Gasteiger partial charge in [0.2, 0.25) is 0 Å². The fourth-order valence-corrected chi connectivity index (χ4v) is 3.14. The average Bonchev–Trinajstić information content (AvgIpc) is 3.31. The summed E-state index contributed by atoms with van der Waals surface area (Å²) in [6.45, 7) is 6.04. The van der Waals surface area contributed by atoms with Crippen molar-refractivity contribution in [2.75, 3.05) is 0 Å². The molecule has 1 aromatic carbocycles. The number of carbonyl (C=O) groups excluding carboxylic acids is 1. The zero-order chi connectivity index (χ0) is 19.4. The maximum absolute atomic E-state index is 12.1. The van der Waals surface area contributed by atoms with Crippen LogP contribution >= 0.6 is 0 Å². The second kappa shape index (κ2) is 8.11. The molecule has 0 radical (unpaired) electrons. The predicted octanol–water partition coefficient (Wildman–Crippen LogP) is 2.39. The van der Waals surface area contributed by atoms with Crippen LogP contribution in [0.25, 0.3) is 5.57 Å². The number of allylic oxidation sites excluding steroid dienone is 1. The van der Waals surface area contributed by atoms with Gasteiger partial charge in [-0.2, -0.15) is 5.21 Å². The Kier molecular flexibility index (Phi) is 5.63. The molecule has 0 spiro atoms. The third-order valence-electron chi connectivity index (χ3n) is 4.77. The number of aromatic nitrogens is 4. The zero-order valence-corrected chi connectivity index (χ0v) is 15.2. The molecule has 2 aromatic rings. The molecule has 1 saturated carbocycles. The van der Waals surface area contributed by atoms with Crippen LogP contribution in [-0.2, 0) is 4.79 Å². The molecule has 0 saturated heterocycles. The van der Waals surface area contributed by atoms with Crippen LogP contribution in [0.3, 0.4) is 0 Å². The molecule has 3 N–H and O–H groups in total. The number of carboxylic acids is 1. The highest BCUT2D eigenvalue weighted by Crippen LogP contribution is 2.37. The predicted molar refractivity (Wildman–Crippen MR) is 98.9 cm³/mol. The van der Waals surface area contributed by atoms with Crippen molar-refractivity contribution in [3.8, 4) is 0 Å². The van der Waals surface area contributed by atoms with Crippen molar-refractivity contribution in [3.05, 3.63) is 47.8 Å². The minimum atomic E-state index is -0.923. The van der Waals surface area contributed by atoms with Gasteiger partial charge in [-0.3, -0.25) is 9.59 Å². The first kappa shape index (κ1) is 18.8. The molecule has 1 heterocycles.